The predicted octanol–water partition coefficient (Wildman–Crippen LogP) is 2.70. The third-order valence-electron chi connectivity index (χ3n) is 3.73. The van der Waals surface area contributed by atoms with Gasteiger partial charge in [0.05, 0.1) is 12.1 Å². The van der Waals surface area contributed by atoms with Gasteiger partial charge in [-0.25, -0.2) is 13.5 Å². The third-order valence-corrected chi connectivity index (χ3v) is 3.73. The molecule has 0 bridgehead atoms. The smallest absolute Gasteiger partial charge is 0.168 e. The zero-order valence-corrected chi connectivity index (χ0v) is 11.9. The molecule has 2 atom stereocenters. The first-order chi connectivity index (χ1) is 10.1. The van der Waals surface area contributed by atoms with Crippen molar-refractivity contribution in [2.24, 2.45) is 0 Å². The van der Waals surface area contributed by atoms with Crippen LogP contribution in [0, 0.1) is 11.6 Å². The van der Waals surface area contributed by atoms with Crippen LogP contribution in [0.1, 0.15) is 56.2 Å². The maximum Gasteiger partial charge on any atom is 0.168 e. The second-order valence-corrected chi connectivity index (χ2v) is 5.46. The van der Waals surface area contributed by atoms with E-state index in [0.717, 1.165) is 12.8 Å². The van der Waals surface area contributed by atoms with Crippen LogP contribution in [0.25, 0.3) is 0 Å². The van der Waals surface area contributed by atoms with Crippen LogP contribution in [-0.4, -0.2) is 20.2 Å². The fraction of sp³-hybridized carbons (Fsp3) is 0.500. The van der Waals surface area contributed by atoms with Gasteiger partial charge in [0.15, 0.2) is 5.82 Å². The van der Waals surface area contributed by atoms with Crippen molar-refractivity contribution in [1.82, 2.24) is 25.5 Å². The summed E-state index contributed by atoms with van der Waals surface area (Å²) in [5.41, 5.74) is 0.0368. The number of aromatic nitrogens is 4. The molecule has 2 aromatic rings. The van der Waals surface area contributed by atoms with E-state index in [9.17, 15) is 8.78 Å². The fourth-order valence-corrected chi connectivity index (χ4v) is 2.52. The van der Waals surface area contributed by atoms with E-state index in [-0.39, 0.29) is 11.6 Å². The lowest BCUT2D eigenvalue weighted by atomic mass is 10.1. The van der Waals surface area contributed by atoms with Gasteiger partial charge in [-0.3, -0.25) is 0 Å². The molecule has 0 aliphatic heterocycles. The lowest BCUT2D eigenvalue weighted by Crippen LogP contribution is -2.26. The van der Waals surface area contributed by atoms with Crippen LogP contribution in [0.5, 0.6) is 0 Å². The molecular weight excluding hydrogens is 276 g/mol. The minimum absolute atomic E-state index is 0.0368. The van der Waals surface area contributed by atoms with Crippen LogP contribution < -0.4 is 5.32 Å². The highest BCUT2D eigenvalue weighted by Gasteiger charge is 2.30. The van der Waals surface area contributed by atoms with Gasteiger partial charge in [-0.05, 0) is 49.2 Å². The van der Waals surface area contributed by atoms with E-state index in [2.05, 4.69) is 20.8 Å². The molecule has 21 heavy (non-hydrogen) atoms. The number of benzene rings is 1. The standard InChI is InChI=1S/C14H17F2N5/c1-8(13-11(15)4-3-5-12(13)16)17-9(2)14-18-19-20-21(14)10-6-7-10/h3-5,8-10,17H,6-7H2,1-2H3/t8-,9-/m1/s1. The number of rotatable bonds is 5. The first-order valence-electron chi connectivity index (χ1n) is 7.05. The molecule has 1 fully saturated rings. The Morgan fingerprint density at radius 2 is 1.86 bits per heavy atom. The van der Waals surface area contributed by atoms with E-state index in [1.54, 1.807) is 11.6 Å². The maximum absolute atomic E-state index is 13.8. The topological polar surface area (TPSA) is 55.6 Å². The number of nitrogens with zero attached hydrogens (tertiary/aromatic N) is 4. The van der Waals surface area contributed by atoms with Crippen molar-refractivity contribution in [2.45, 2.75) is 44.8 Å². The van der Waals surface area contributed by atoms with E-state index in [4.69, 9.17) is 0 Å². The lowest BCUT2D eigenvalue weighted by molar-refractivity contribution is 0.422. The molecule has 1 N–H and O–H groups in total. The molecule has 0 amide bonds. The summed E-state index contributed by atoms with van der Waals surface area (Å²) >= 11 is 0. The zero-order valence-electron chi connectivity index (χ0n) is 11.9. The minimum atomic E-state index is -0.552. The van der Waals surface area contributed by atoms with Crippen molar-refractivity contribution in [1.29, 1.82) is 0 Å². The molecule has 0 unspecified atom stereocenters. The third kappa shape index (κ3) is 2.78. The predicted molar refractivity (Wildman–Crippen MR) is 72.4 cm³/mol. The SMILES string of the molecule is C[C@@H](N[C@H](C)c1nnnn1C1CC1)c1c(F)cccc1F. The van der Waals surface area contributed by atoms with Gasteiger partial charge in [-0.15, -0.1) is 5.10 Å². The highest BCUT2D eigenvalue weighted by Crippen LogP contribution is 2.35. The number of tetrazole rings is 1. The van der Waals surface area contributed by atoms with Gasteiger partial charge in [0.25, 0.3) is 0 Å². The molecule has 7 heteroatoms. The van der Waals surface area contributed by atoms with E-state index in [1.165, 1.54) is 18.2 Å². The summed E-state index contributed by atoms with van der Waals surface area (Å²) in [6, 6.07) is 3.56. The molecule has 5 nitrogen and oxygen atoms in total. The number of hydrogen-bond donors (Lipinski definition) is 1. The largest absolute Gasteiger partial charge is 0.301 e. The number of nitrogens with one attached hydrogen (secondary N) is 1. The Kier molecular flexibility index (Phi) is 3.67. The quantitative estimate of drug-likeness (QED) is 0.921. The summed E-state index contributed by atoms with van der Waals surface area (Å²) in [6.45, 7) is 3.61. The summed E-state index contributed by atoms with van der Waals surface area (Å²) in [4.78, 5) is 0. The van der Waals surface area contributed by atoms with Crippen molar-refractivity contribution in [3.8, 4) is 0 Å². The molecule has 3 rings (SSSR count). The van der Waals surface area contributed by atoms with Gasteiger partial charge in [0, 0.05) is 11.6 Å². The molecule has 0 saturated heterocycles. The van der Waals surface area contributed by atoms with E-state index < -0.39 is 17.7 Å². The van der Waals surface area contributed by atoms with Crippen LogP contribution in [-0.2, 0) is 0 Å². The van der Waals surface area contributed by atoms with Crippen molar-refractivity contribution in [2.75, 3.05) is 0 Å². The van der Waals surface area contributed by atoms with Gasteiger partial charge in [0.2, 0.25) is 0 Å². The van der Waals surface area contributed by atoms with Crippen LogP contribution in [0.3, 0.4) is 0 Å². The Morgan fingerprint density at radius 3 is 2.48 bits per heavy atom. The molecule has 1 aromatic carbocycles. The molecule has 1 aromatic heterocycles. The summed E-state index contributed by atoms with van der Waals surface area (Å²) in [7, 11) is 0. The van der Waals surface area contributed by atoms with E-state index in [0.29, 0.717) is 11.9 Å². The van der Waals surface area contributed by atoms with Crippen LogP contribution >= 0.6 is 0 Å². The lowest BCUT2D eigenvalue weighted by Gasteiger charge is -2.20. The highest BCUT2D eigenvalue weighted by molar-refractivity contribution is 5.23. The van der Waals surface area contributed by atoms with Crippen LogP contribution in [0.15, 0.2) is 18.2 Å². The summed E-state index contributed by atoms with van der Waals surface area (Å²) < 4.78 is 29.4. The Labute approximate surface area is 121 Å². The summed E-state index contributed by atoms with van der Waals surface area (Å²) in [5.74, 6) is -0.408. The molecule has 112 valence electrons. The first-order valence-corrected chi connectivity index (χ1v) is 7.05. The Balaban J connectivity index is 1.77. The average molecular weight is 293 g/mol. The highest BCUT2D eigenvalue weighted by atomic mass is 19.1. The van der Waals surface area contributed by atoms with Crippen molar-refractivity contribution < 1.29 is 8.78 Å². The zero-order chi connectivity index (χ0) is 15.0. The second kappa shape index (κ2) is 5.48. The van der Waals surface area contributed by atoms with Crippen molar-refractivity contribution >= 4 is 0 Å². The monoisotopic (exact) mass is 293 g/mol. The molecule has 1 heterocycles. The van der Waals surface area contributed by atoms with Gasteiger partial charge in [0.1, 0.15) is 11.6 Å². The molecule has 0 spiro atoms. The van der Waals surface area contributed by atoms with Crippen molar-refractivity contribution in [3.05, 3.63) is 41.2 Å². The first kappa shape index (κ1) is 14.1. The average Bonchev–Trinajstić information content (AvgIpc) is 3.15. The van der Waals surface area contributed by atoms with Gasteiger partial charge < -0.3 is 5.32 Å². The molecule has 1 aliphatic rings. The number of halogens is 2. The van der Waals surface area contributed by atoms with Gasteiger partial charge in [-0.2, -0.15) is 0 Å². The van der Waals surface area contributed by atoms with Gasteiger partial charge in [-0.1, -0.05) is 6.07 Å². The van der Waals surface area contributed by atoms with Gasteiger partial charge >= 0.3 is 0 Å². The van der Waals surface area contributed by atoms with Crippen molar-refractivity contribution in [3.63, 3.8) is 0 Å². The van der Waals surface area contributed by atoms with Crippen LogP contribution in [0.4, 0.5) is 8.78 Å². The molecule has 1 saturated carbocycles. The summed E-state index contributed by atoms with van der Waals surface area (Å²) in [6.07, 6.45) is 2.14. The molecule has 0 radical (unpaired) electrons. The Hall–Kier alpha value is -1.89. The molecule has 1 aliphatic carbocycles. The van der Waals surface area contributed by atoms with E-state index >= 15 is 0 Å². The minimum Gasteiger partial charge on any atom is -0.301 e. The van der Waals surface area contributed by atoms with Crippen LogP contribution in [0.2, 0.25) is 0 Å². The second-order valence-electron chi connectivity index (χ2n) is 5.46. The van der Waals surface area contributed by atoms with E-state index in [1.807, 2.05) is 6.92 Å². The number of hydrogen-bond acceptors (Lipinski definition) is 4. The maximum atomic E-state index is 13.8. The fourth-order valence-electron chi connectivity index (χ4n) is 2.52. The summed E-state index contributed by atoms with van der Waals surface area (Å²) in [5, 5.41) is 14.9. The Bertz CT molecular complexity index is 618. The molecular formula is C14H17F2N5. The Morgan fingerprint density at radius 1 is 1.19 bits per heavy atom. The normalized spacial score (nSPS) is 17.7.